The lowest BCUT2D eigenvalue weighted by Gasteiger charge is -2.08. The number of aryl methyl sites for hydroxylation is 1. The highest BCUT2D eigenvalue weighted by atomic mass is 35.5. The van der Waals surface area contributed by atoms with Crippen LogP contribution in [0.15, 0.2) is 47.3 Å². The first-order chi connectivity index (χ1) is 12.0. The number of benzene rings is 2. The topological polar surface area (TPSA) is 57.8 Å². The molecule has 0 spiro atoms. The number of aromatic nitrogens is 2. The fraction of sp³-hybridized carbons (Fsp3) is 0.167. The number of thioether (sulfide) groups is 1. The number of H-pyrrole nitrogens is 1. The molecule has 25 heavy (non-hydrogen) atoms. The van der Waals surface area contributed by atoms with Gasteiger partial charge in [-0.05, 0) is 42.3 Å². The number of aromatic amines is 1. The second-order valence-electron chi connectivity index (χ2n) is 5.56. The zero-order valence-corrected chi connectivity index (χ0v) is 15.9. The Morgan fingerprint density at radius 1 is 1.24 bits per heavy atom. The van der Waals surface area contributed by atoms with E-state index in [2.05, 4.69) is 15.3 Å². The minimum atomic E-state index is -0.121. The number of rotatable bonds is 4. The van der Waals surface area contributed by atoms with Crippen LogP contribution in [0.2, 0.25) is 5.02 Å². The van der Waals surface area contributed by atoms with Gasteiger partial charge in [0.2, 0.25) is 0 Å². The van der Waals surface area contributed by atoms with E-state index in [1.807, 2.05) is 42.5 Å². The molecular weight excluding hydrogens is 374 g/mol. The Balaban J connectivity index is 1.59. The highest BCUT2D eigenvalue weighted by Crippen LogP contribution is 2.16. The number of hydrogen-bond acceptors (Lipinski definition) is 4. The molecule has 0 aliphatic heterocycles. The Morgan fingerprint density at radius 2 is 1.96 bits per heavy atom. The second-order valence-corrected chi connectivity index (χ2v) is 7.65. The van der Waals surface area contributed by atoms with Crippen LogP contribution in [0.3, 0.4) is 0 Å². The van der Waals surface area contributed by atoms with Crippen molar-refractivity contribution in [2.45, 2.75) is 19.2 Å². The fourth-order valence-corrected chi connectivity index (χ4v) is 3.41. The van der Waals surface area contributed by atoms with Crippen LogP contribution in [0.1, 0.15) is 17.0 Å². The number of nitrogens with zero attached hydrogens (tertiary/aromatic N) is 1. The highest BCUT2D eigenvalue weighted by molar-refractivity contribution is 8.22. The van der Waals surface area contributed by atoms with E-state index in [9.17, 15) is 4.79 Å². The van der Waals surface area contributed by atoms with Crippen molar-refractivity contribution in [2.75, 3.05) is 0 Å². The van der Waals surface area contributed by atoms with Crippen molar-refractivity contribution in [1.29, 1.82) is 0 Å². The molecular formula is C18H16ClN3OS2. The molecule has 0 saturated carbocycles. The normalized spacial score (nSPS) is 10.8. The summed E-state index contributed by atoms with van der Waals surface area (Å²) in [5.74, 6) is 1.40. The van der Waals surface area contributed by atoms with Crippen LogP contribution in [0.5, 0.6) is 0 Å². The molecule has 3 rings (SSSR count). The van der Waals surface area contributed by atoms with Crippen molar-refractivity contribution in [2.24, 2.45) is 0 Å². The van der Waals surface area contributed by atoms with Gasteiger partial charge >= 0.3 is 0 Å². The van der Waals surface area contributed by atoms with Crippen molar-refractivity contribution in [3.05, 3.63) is 74.8 Å². The van der Waals surface area contributed by atoms with Gasteiger partial charge in [-0.15, -0.1) is 0 Å². The summed E-state index contributed by atoms with van der Waals surface area (Å²) in [6.07, 6.45) is 0. The number of hydrogen-bond donors (Lipinski definition) is 2. The molecule has 0 radical (unpaired) electrons. The van der Waals surface area contributed by atoms with Crippen molar-refractivity contribution in [1.82, 2.24) is 15.3 Å². The summed E-state index contributed by atoms with van der Waals surface area (Å²) in [4.78, 5) is 19.1. The molecule has 128 valence electrons. The average molecular weight is 390 g/mol. The quantitative estimate of drug-likeness (QED) is 0.655. The van der Waals surface area contributed by atoms with Gasteiger partial charge in [0, 0.05) is 17.3 Å². The predicted octanol–water partition coefficient (Wildman–Crippen LogP) is 4.19. The number of fused-ring (bicyclic) bond motifs is 1. The molecule has 4 nitrogen and oxygen atoms in total. The average Bonchev–Trinajstić information content (AvgIpc) is 2.59. The fourth-order valence-electron chi connectivity index (χ4n) is 2.37. The minimum Gasteiger partial charge on any atom is -0.367 e. The van der Waals surface area contributed by atoms with Crippen LogP contribution in [0, 0.1) is 6.92 Å². The lowest BCUT2D eigenvalue weighted by molar-refractivity contribution is 0.940. The molecule has 7 heteroatoms. The van der Waals surface area contributed by atoms with E-state index in [-0.39, 0.29) is 5.56 Å². The first-order valence-electron chi connectivity index (χ1n) is 7.66. The number of halogens is 1. The minimum absolute atomic E-state index is 0.121. The lowest BCUT2D eigenvalue weighted by Crippen LogP contribution is -2.18. The van der Waals surface area contributed by atoms with E-state index < -0.39 is 0 Å². The Bertz CT molecular complexity index is 970. The van der Waals surface area contributed by atoms with Crippen LogP contribution in [-0.4, -0.2) is 14.3 Å². The zero-order chi connectivity index (χ0) is 17.8. The maximum Gasteiger partial charge on any atom is 0.258 e. The number of thiocarbonyl (C=S) groups is 1. The summed E-state index contributed by atoms with van der Waals surface area (Å²) in [7, 11) is 0. The monoisotopic (exact) mass is 389 g/mol. The lowest BCUT2D eigenvalue weighted by atomic mass is 10.1. The van der Waals surface area contributed by atoms with E-state index in [0.29, 0.717) is 27.6 Å². The molecule has 0 amide bonds. The van der Waals surface area contributed by atoms with Crippen molar-refractivity contribution in [3.8, 4) is 0 Å². The molecule has 2 N–H and O–H groups in total. The van der Waals surface area contributed by atoms with Gasteiger partial charge in [-0.1, -0.05) is 53.8 Å². The van der Waals surface area contributed by atoms with E-state index >= 15 is 0 Å². The van der Waals surface area contributed by atoms with Crippen LogP contribution in [0.25, 0.3) is 10.9 Å². The van der Waals surface area contributed by atoms with Crippen molar-refractivity contribution in [3.63, 3.8) is 0 Å². The molecule has 0 fully saturated rings. The highest BCUT2D eigenvalue weighted by Gasteiger charge is 2.04. The molecule has 2 aromatic carbocycles. The third kappa shape index (κ3) is 4.81. The van der Waals surface area contributed by atoms with Gasteiger partial charge in [-0.3, -0.25) is 4.79 Å². The number of nitrogens with one attached hydrogen (secondary N) is 2. The van der Waals surface area contributed by atoms with Crippen molar-refractivity contribution >= 4 is 50.8 Å². The molecule has 0 aliphatic carbocycles. The maximum absolute atomic E-state index is 12.0. The molecule has 1 heterocycles. The van der Waals surface area contributed by atoms with Gasteiger partial charge in [-0.2, -0.15) is 0 Å². The molecule has 0 bridgehead atoms. The van der Waals surface area contributed by atoms with Gasteiger partial charge in [0.1, 0.15) is 10.1 Å². The summed E-state index contributed by atoms with van der Waals surface area (Å²) < 4.78 is 0.714. The molecule has 0 aliphatic rings. The molecule has 0 atom stereocenters. The summed E-state index contributed by atoms with van der Waals surface area (Å²) in [6.45, 7) is 2.34. The Kier molecular flexibility index (Phi) is 5.73. The van der Waals surface area contributed by atoms with E-state index in [1.54, 1.807) is 18.7 Å². The van der Waals surface area contributed by atoms with Crippen molar-refractivity contribution < 1.29 is 0 Å². The molecule has 0 unspecified atom stereocenters. The molecule has 1 aromatic heterocycles. The standard InChI is InChI=1S/C18H16ClN3OS2/c1-11-21-16-7-4-13(8-15(16)17(23)22-11)9-20-18(24)25-10-12-2-5-14(19)6-3-12/h2-8H,9-10H2,1H3,(H,20,24)(H,21,22,23). The van der Waals surface area contributed by atoms with Gasteiger partial charge in [0.15, 0.2) is 0 Å². The smallest absolute Gasteiger partial charge is 0.258 e. The molecule has 3 aromatic rings. The van der Waals surface area contributed by atoms with Gasteiger partial charge < -0.3 is 10.3 Å². The first-order valence-corrected chi connectivity index (χ1v) is 9.43. The Hall–Kier alpha value is -1.89. The van der Waals surface area contributed by atoms with E-state index in [4.69, 9.17) is 23.8 Å². The summed E-state index contributed by atoms with van der Waals surface area (Å²) in [6, 6.07) is 13.4. The Labute approximate surface area is 160 Å². The Morgan fingerprint density at radius 3 is 2.72 bits per heavy atom. The second kappa shape index (κ2) is 7.99. The van der Waals surface area contributed by atoms with Gasteiger partial charge in [0.25, 0.3) is 5.56 Å². The SMILES string of the molecule is Cc1nc2ccc(CNC(=S)SCc3ccc(Cl)cc3)cc2c(=O)[nH]1. The summed E-state index contributed by atoms with van der Waals surface area (Å²) in [5, 5.41) is 4.53. The third-order valence-corrected chi connectivity index (χ3v) is 5.24. The van der Waals surface area contributed by atoms with Crippen LogP contribution in [-0.2, 0) is 12.3 Å². The third-order valence-electron chi connectivity index (χ3n) is 3.61. The largest absolute Gasteiger partial charge is 0.367 e. The maximum atomic E-state index is 12.0. The van der Waals surface area contributed by atoms with E-state index in [0.717, 1.165) is 21.9 Å². The summed E-state index contributed by atoms with van der Waals surface area (Å²) in [5.41, 5.74) is 2.73. The van der Waals surface area contributed by atoms with E-state index in [1.165, 1.54) is 0 Å². The molecule has 0 saturated heterocycles. The first kappa shape index (κ1) is 17.9. The van der Waals surface area contributed by atoms with Crippen LogP contribution in [0.4, 0.5) is 0 Å². The summed E-state index contributed by atoms with van der Waals surface area (Å²) >= 11 is 12.8. The predicted molar refractivity (Wildman–Crippen MR) is 109 cm³/mol. The van der Waals surface area contributed by atoms with Crippen LogP contribution >= 0.6 is 35.6 Å². The van der Waals surface area contributed by atoms with Crippen LogP contribution < -0.4 is 10.9 Å². The van der Waals surface area contributed by atoms with Gasteiger partial charge in [0.05, 0.1) is 10.9 Å². The zero-order valence-electron chi connectivity index (χ0n) is 13.5. The van der Waals surface area contributed by atoms with Gasteiger partial charge in [-0.25, -0.2) is 4.98 Å².